The fourth-order valence-corrected chi connectivity index (χ4v) is 1.16. The average Bonchev–Trinajstić information content (AvgIpc) is 2.49. The summed E-state index contributed by atoms with van der Waals surface area (Å²) >= 11 is 0. The lowest BCUT2D eigenvalue weighted by atomic mass is 10.1. The number of rotatable bonds is 5. The molecular weight excluding hydrogens is 168 g/mol. The van der Waals surface area contributed by atoms with E-state index in [2.05, 4.69) is 0 Å². The van der Waals surface area contributed by atoms with Crippen LogP contribution < -0.4 is 0 Å². The number of furan rings is 1. The molecule has 0 aliphatic heterocycles. The van der Waals surface area contributed by atoms with Gasteiger partial charge in [-0.2, -0.15) is 0 Å². The SMILES string of the molecule is COCc1ccoc1CCC(C)=O. The molecule has 0 atom stereocenters. The molecule has 0 amide bonds. The predicted molar refractivity (Wildman–Crippen MR) is 48.4 cm³/mol. The van der Waals surface area contributed by atoms with Gasteiger partial charge in [-0.1, -0.05) is 0 Å². The molecule has 13 heavy (non-hydrogen) atoms. The summed E-state index contributed by atoms with van der Waals surface area (Å²) in [5.41, 5.74) is 1.03. The van der Waals surface area contributed by atoms with Crippen molar-refractivity contribution in [1.82, 2.24) is 0 Å². The molecule has 0 unspecified atom stereocenters. The number of Topliss-reactive ketones (excluding diaryl/α,β-unsaturated/α-hetero) is 1. The van der Waals surface area contributed by atoms with Gasteiger partial charge in [0.15, 0.2) is 0 Å². The maximum absolute atomic E-state index is 10.7. The monoisotopic (exact) mass is 182 g/mol. The first-order valence-corrected chi connectivity index (χ1v) is 4.27. The Balaban J connectivity index is 2.54. The fraction of sp³-hybridized carbons (Fsp3) is 0.500. The smallest absolute Gasteiger partial charge is 0.130 e. The topological polar surface area (TPSA) is 39.4 Å². The van der Waals surface area contributed by atoms with Gasteiger partial charge >= 0.3 is 0 Å². The maximum Gasteiger partial charge on any atom is 0.130 e. The summed E-state index contributed by atoms with van der Waals surface area (Å²) in [6, 6.07) is 1.87. The van der Waals surface area contributed by atoms with Crippen LogP contribution >= 0.6 is 0 Å². The standard InChI is InChI=1S/C10H14O3/c1-8(11)3-4-10-9(7-12-2)5-6-13-10/h5-6H,3-4,7H2,1-2H3. The third-order valence-electron chi connectivity index (χ3n) is 1.84. The van der Waals surface area contributed by atoms with E-state index in [9.17, 15) is 4.79 Å². The number of hydrogen-bond acceptors (Lipinski definition) is 3. The van der Waals surface area contributed by atoms with Crippen molar-refractivity contribution in [2.75, 3.05) is 7.11 Å². The van der Waals surface area contributed by atoms with E-state index in [-0.39, 0.29) is 5.78 Å². The average molecular weight is 182 g/mol. The molecule has 1 aromatic heterocycles. The second-order valence-corrected chi connectivity index (χ2v) is 3.00. The summed E-state index contributed by atoms with van der Waals surface area (Å²) in [5.74, 6) is 1.04. The number of aryl methyl sites for hydroxylation is 1. The number of ether oxygens (including phenoxy) is 1. The van der Waals surface area contributed by atoms with Crippen molar-refractivity contribution in [1.29, 1.82) is 0 Å². The summed E-state index contributed by atoms with van der Waals surface area (Å²) in [6.45, 7) is 2.13. The molecular formula is C10H14O3. The molecule has 0 saturated heterocycles. The van der Waals surface area contributed by atoms with Crippen LogP contribution in [0.5, 0.6) is 0 Å². The Labute approximate surface area is 77.7 Å². The van der Waals surface area contributed by atoms with Crippen LogP contribution in [0.15, 0.2) is 16.7 Å². The lowest BCUT2D eigenvalue weighted by Gasteiger charge is -1.99. The number of carbonyl (C=O) groups excluding carboxylic acids is 1. The number of hydrogen-bond donors (Lipinski definition) is 0. The van der Waals surface area contributed by atoms with Crippen molar-refractivity contribution in [2.24, 2.45) is 0 Å². The Kier molecular flexibility index (Phi) is 3.71. The molecule has 1 heterocycles. The zero-order valence-corrected chi connectivity index (χ0v) is 8.00. The molecule has 0 saturated carbocycles. The highest BCUT2D eigenvalue weighted by molar-refractivity contribution is 5.75. The molecule has 0 fully saturated rings. The molecule has 0 aromatic carbocycles. The second kappa shape index (κ2) is 4.82. The molecule has 0 aliphatic rings. The number of methoxy groups -OCH3 is 1. The molecule has 3 heteroatoms. The van der Waals surface area contributed by atoms with Gasteiger partial charge in [0, 0.05) is 25.5 Å². The fourth-order valence-electron chi connectivity index (χ4n) is 1.16. The zero-order chi connectivity index (χ0) is 9.68. The highest BCUT2D eigenvalue weighted by Crippen LogP contribution is 2.13. The maximum atomic E-state index is 10.7. The van der Waals surface area contributed by atoms with Crippen LogP contribution in [-0.4, -0.2) is 12.9 Å². The van der Waals surface area contributed by atoms with Gasteiger partial charge < -0.3 is 13.9 Å². The van der Waals surface area contributed by atoms with Gasteiger partial charge in [-0.25, -0.2) is 0 Å². The summed E-state index contributed by atoms with van der Waals surface area (Å²) in [4.78, 5) is 10.7. The Bertz CT molecular complexity index is 275. The van der Waals surface area contributed by atoms with Crippen LogP contribution in [0.25, 0.3) is 0 Å². The molecule has 0 bridgehead atoms. The molecule has 72 valence electrons. The molecule has 0 aliphatic carbocycles. The van der Waals surface area contributed by atoms with Gasteiger partial charge in [0.05, 0.1) is 12.9 Å². The first kappa shape index (κ1) is 9.99. The highest BCUT2D eigenvalue weighted by atomic mass is 16.5. The van der Waals surface area contributed by atoms with Crippen molar-refractivity contribution in [3.63, 3.8) is 0 Å². The van der Waals surface area contributed by atoms with Crippen molar-refractivity contribution in [3.8, 4) is 0 Å². The van der Waals surface area contributed by atoms with Crippen LogP contribution in [0, 0.1) is 0 Å². The van der Waals surface area contributed by atoms with Crippen molar-refractivity contribution in [3.05, 3.63) is 23.7 Å². The summed E-state index contributed by atoms with van der Waals surface area (Å²) < 4.78 is 10.2. The van der Waals surface area contributed by atoms with Crippen molar-refractivity contribution in [2.45, 2.75) is 26.4 Å². The lowest BCUT2D eigenvalue weighted by molar-refractivity contribution is -0.117. The quantitative estimate of drug-likeness (QED) is 0.698. The van der Waals surface area contributed by atoms with Gasteiger partial charge in [-0.3, -0.25) is 0 Å². The van der Waals surface area contributed by atoms with E-state index in [1.54, 1.807) is 20.3 Å². The second-order valence-electron chi connectivity index (χ2n) is 3.00. The molecule has 0 N–H and O–H groups in total. The van der Waals surface area contributed by atoms with E-state index < -0.39 is 0 Å². The van der Waals surface area contributed by atoms with Crippen LogP contribution in [0.4, 0.5) is 0 Å². The number of carbonyl (C=O) groups is 1. The minimum absolute atomic E-state index is 0.180. The van der Waals surface area contributed by atoms with Crippen LogP contribution in [0.2, 0.25) is 0 Å². The highest BCUT2D eigenvalue weighted by Gasteiger charge is 2.06. The van der Waals surface area contributed by atoms with E-state index in [0.29, 0.717) is 19.4 Å². The van der Waals surface area contributed by atoms with Gasteiger partial charge in [-0.15, -0.1) is 0 Å². The normalized spacial score (nSPS) is 10.3. The van der Waals surface area contributed by atoms with Crippen LogP contribution in [-0.2, 0) is 22.6 Å². The van der Waals surface area contributed by atoms with Gasteiger partial charge in [-0.05, 0) is 13.0 Å². The lowest BCUT2D eigenvalue weighted by Crippen LogP contribution is -1.96. The third kappa shape index (κ3) is 3.03. The Morgan fingerprint density at radius 1 is 1.62 bits per heavy atom. The van der Waals surface area contributed by atoms with E-state index in [1.807, 2.05) is 6.07 Å². The van der Waals surface area contributed by atoms with Crippen molar-refractivity contribution >= 4 is 5.78 Å². The first-order chi connectivity index (χ1) is 6.24. The zero-order valence-electron chi connectivity index (χ0n) is 8.00. The Morgan fingerprint density at radius 3 is 3.00 bits per heavy atom. The van der Waals surface area contributed by atoms with E-state index in [4.69, 9.17) is 9.15 Å². The first-order valence-electron chi connectivity index (χ1n) is 4.27. The molecule has 0 spiro atoms. The predicted octanol–water partition coefficient (Wildman–Crippen LogP) is 1.95. The Morgan fingerprint density at radius 2 is 2.38 bits per heavy atom. The Hall–Kier alpha value is -1.09. The summed E-state index contributed by atoms with van der Waals surface area (Å²) in [6.07, 6.45) is 2.83. The van der Waals surface area contributed by atoms with Crippen LogP contribution in [0.3, 0.4) is 0 Å². The van der Waals surface area contributed by atoms with Gasteiger partial charge in [0.2, 0.25) is 0 Å². The van der Waals surface area contributed by atoms with E-state index in [1.165, 1.54) is 0 Å². The minimum atomic E-state index is 0.180. The molecule has 0 radical (unpaired) electrons. The van der Waals surface area contributed by atoms with Gasteiger partial charge in [0.1, 0.15) is 11.5 Å². The summed E-state index contributed by atoms with van der Waals surface area (Å²) in [5, 5.41) is 0. The number of ketones is 1. The van der Waals surface area contributed by atoms with Gasteiger partial charge in [0.25, 0.3) is 0 Å². The van der Waals surface area contributed by atoms with Crippen molar-refractivity contribution < 1.29 is 13.9 Å². The van der Waals surface area contributed by atoms with Crippen LogP contribution in [0.1, 0.15) is 24.7 Å². The summed E-state index contributed by atoms with van der Waals surface area (Å²) in [7, 11) is 1.64. The molecule has 1 rings (SSSR count). The van der Waals surface area contributed by atoms with E-state index >= 15 is 0 Å². The van der Waals surface area contributed by atoms with E-state index in [0.717, 1.165) is 11.3 Å². The molecule has 3 nitrogen and oxygen atoms in total. The molecule has 1 aromatic rings. The third-order valence-corrected chi connectivity index (χ3v) is 1.84. The minimum Gasteiger partial charge on any atom is -0.469 e. The largest absolute Gasteiger partial charge is 0.469 e.